The predicted octanol–water partition coefficient (Wildman–Crippen LogP) is 4.44. The smallest absolute Gasteiger partial charge is 0.0611 e. The molecule has 0 saturated heterocycles. The van der Waals surface area contributed by atoms with Crippen LogP contribution < -0.4 is 5.73 Å². The Hall–Kier alpha value is -2.11. The molecule has 0 radical (unpaired) electrons. The van der Waals surface area contributed by atoms with Crippen molar-refractivity contribution in [1.82, 2.24) is 0 Å². The van der Waals surface area contributed by atoms with Crippen LogP contribution in [0.1, 0.15) is 16.7 Å². The highest BCUT2D eigenvalue weighted by Gasteiger charge is 2.32. The van der Waals surface area contributed by atoms with E-state index in [1.807, 2.05) is 30.3 Å². The zero-order chi connectivity index (χ0) is 14.7. The van der Waals surface area contributed by atoms with E-state index in [0.717, 1.165) is 11.3 Å². The lowest BCUT2D eigenvalue weighted by molar-refractivity contribution is 0.900. The molecular formula is C19H18NP. The maximum absolute atomic E-state index is 6.27. The molecule has 3 aromatic rings. The topological polar surface area (TPSA) is 26.0 Å². The fraction of sp³-hybridized carbons (Fsp3) is 0.0526. The molecule has 0 heterocycles. The number of anilines is 1. The van der Waals surface area contributed by atoms with Gasteiger partial charge >= 0.3 is 0 Å². The molecule has 0 amide bonds. The van der Waals surface area contributed by atoms with Crippen molar-refractivity contribution in [3.63, 3.8) is 0 Å². The summed E-state index contributed by atoms with van der Waals surface area (Å²) in [6, 6.07) is 29.0. The second-order valence-corrected chi connectivity index (χ2v) is 5.99. The first-order chi connectivity index (χ1) is 10.2. The van der Waals surface area contributed by atoms with Gasteiger partial charge in [0.1, 0.15) is 0 Å². The molecule has 0 saturated carbocycles. The predicted molar refractivity (Wildman–Crippen MR) is 93.3 cm³/mol. The van der Waals surface area contributed by atoms with Crippen LogP contribution >= 0.6 is 9.24 Å². The van der Waals surface area contributed by atoms with Crippen molar-refractivity contribution in [2.45, 2.75) is 5.16 Å². The summed E-state index contributed by atoms with van der Waals surface area (Å²) < 4.78 is 0. The van der Waals surface area contributed by atoms with Crippen LogP contribution in [0.15, 0.2) is 84.9 Å². The van der Waals surface area contributed by atoms with Gasteiger partial charge in [0.25, 0.3) is 0 Å². The molecule has 0 aromatic heterocycles. The van der Waals surface area contributed by atoms with Crippen LogP contribution in [0.2, 0.25) is 0 Å². The molecule has 1 nitrogen and oxygen atoms in total. The van der Waals surface area contributed by atoms with E-state index in [2.05, 4.69) is 63.8 Å². The van der Waals surface area contributed by atoms with Gasteiger partial charge in [0.15, 0.2) is 0 Å². The Balaban J connectivity index is 2.29. The Labute approximate surface area is 128 Å². The Morgan fingerprint density at radius 2 is 1.05 bits per heavy atom. The highest BCUT2D eigenvalue weighted by atomic mass is 31.0. The zero-order valence-corrected chi connectivity index (χ0v) is 12.9. The van der Waals surface area contributed by atoms with Crippen LogP contribution in [0.3, 0.4) is 0 Å². The lowest BCUT2D eigenvalue weighted by atomic mass is 9.83. The lowest BCUT2D eigenvalue weighted by Crippen LogP contribution is -2.22. The van der Waals surface area contributed by atoms with Crippen LogP contribution in [-0.4, -0.2) is 0 Å². The second-order valence-electron chi connectivity index (χ2n) is 5.13. The van der Waals surface area contributed by atoms with Crippen molar-refractivity contribution in [2.75, 3.05) is 5.73 Å². The number of nitrogens with two attached hydrogens (primary N) is 1. The summed E-state index contributed by atoms with van der Waals surface area (Å²) in [6.45, 7) is 0. The third-order valence-corrected chi connectivity index (χ3v) is 4.82. The van der Waals surface area contributed by atoms with Crippen LogP contribution in [0.4, 0.5) is 5.69 Å². The molecule has 1 unspecified atom stereocenters. The van der Waals surface area contributed by atoms with Gasteiger partial charge in [-0.05, 0) is 22.8 Å². The minimum Gasteiger partial charge on any atom is -0.398 e. The van der Waals surface area contributed by atoms with Crippen molar-refractivity contribution >= 4 is 14.9 Å². The zero-order valence-electron chi connectivity index (χ0n) is 11.7. The van der Waals surface area contributed by atoms with Crippen molar-refractivity contribution in [1.29, 1.82) is 0 Å². The maximum Gasteiger partial charge on any atom is 0.0611 e. The van der Waals surface area contributed by atoms with Gasteiger partial charge in [-0.25, -0.2) is 0 Å². The van der Waals surface area contributed by atoms with Gasteiger partial charge < -0.3 is 5.73 Å². The van der Waals surface area contributed by atoms with Gasteiger partial charge in [-0.3, -0.25) is 0 Å². The standard InChI is InChI=1S/C19H18NP/c20-18-14-8-7-13-17(18)19(21,15-9-3-1-4-10-15)16-11-5-2-6-12-16/h1-14H,20-21H2. The molecule has 0 aliphatic heterocycles. The van der Waals surface area contributed by atoms with E-state index in [9.17, 15) is 0 Å². The van der Waals surface area contributed by atoms with Gasteiger partial charge in [0, 0.05) is 5.69 Å². The van der Waals surface area contributed by atoms with Crippen molar-refractivity contribution < 1.29 is 0 Å². The Morgan fingerprint density at radius 3 is 1.52 bits per heavy atom. The first-order valence-electron chi connectivity index (χ1n) is 6.98. The Morgan fingerprint density at radius 1 is 0.619 bits per heavy atom. The summed E-state index contributed by atoms with van der Waals surface area (Å²) in [6.07, 6.45) is 0. The Kier molecular flexibility index (Phi) is 3.77. The normalized spacial score (nSPS) is 11.3. The number of nitrogen functional groups attached to an aromatic ring is 1. The van der Waals surface area contributed by atoms with E-state index < -0.39 is 0 Å². The van der Waals surface area contributed by atoms with E-state index in [-0.39, 0.29) is 5.16 Å². The van der Waals surface area contributed by atoms with Gasteiger partial charge in [-0.2, -0.15) is 0 Å². The molecule has 3 aromatic carbocycles. The van der Waals surface area contributed by atoms with Gasteiger partial charge in [-0.15, -0.1) is 9.24 Å². The largest absolute Gasteiger partial charge is 0.398 e. The van der Waals surface area contributed by atoms with E-state index in [0.29, 0.717) is 0 Å². The number of hydrogen-bond donors (Lipinski definition) is 1. The summed E-state index contributed by atoms with van der Waals surface area (Å²) in [5.41, 5.74) is 10.6. The van der Waals surface area contributed by atoms with Crippen molar-refractivity contribution in [2.24, 2.45) is 0 Å². The number of rotatable bonds is 3. The summed E-state index contributed by atoms with van der Waals surface area (Å²) >= 11 is 0. The molecule has 104 valence electrons. The van der Waals surface area contributed by atoms with Crippen molar-refractivity contribution in [3.05, 3.63) is 102 Å². The molecule has 0 fully saturated rings. The molecule has 0 spiro atoms. The first-order valence-corrected chi connectivity index (χ1v) is 7.55. The van der Waals surface area contributed by atoms with Gasteiger partial charge in [0.05, 0.1) is 5.16 Å². The average Bonchev–Trinajstić information content (AvgIpc) is 2.56. The first kappa shape index (κ1) is 13.9. The van der Waals surface area contributed by atoms with E-state index in [1.54, 1.807) is 0 Å². The summed E-state index contributed by atoms with van der Waals surface area (Å²) in [5.74, 6) is 0. The molecule has 3 rings (SSSR count). The molecule has 0 aliphatic carbocycles. The molecule has 2 heteroatoms. The summed E-state index contributed by atoms with van der Waals surface area (Å²) in [4.78, 5) is 0. The quantitative estimate of drug-likeness (QED) is 0.431. The average molecular weight is 291 g/mol. The third-order valence-electron chi connectivity index (χ3n) is 3.84. The van der Waals surface area contributed by atoms with Gasteiger partial charge in [-0.1, -0.05) is 78.9 Å². The minimum atomic E-state index is -0.339. The van der Waals surface area contributed by atoms with E-state index in [4.69, 9.17) is 5.73 Å². The Bertz CT molecular complexity index is 683. The van der Waals surface area contributed by atoms with Gasteiger partial charge in [0.2, 0.25) is 0 Å². The van der Waals surface area contributed by atoms with E-state index in [1.165, 1.54) is 11.1 Å². The monoisotopic (exact) mass is 291 g/mol. The third kappa shape index (κ3) is 2.46. The maximum atomic E-state index is 6.27. The van der Waals surface area contributed by atoms with E-state index >= 15 is 0 Å². The molecule has 0 bridgehead atoms. The minimum absolute atomic E-state index is 0.339. The molecule has 0 aliphatic rings. The molecule has 2 N–H and O–H groups in total. The molecular weight excluding hydrogens is 273 g/mol. The fourth-order valence-electron chi connectivity index (χ4n) is 2.74. The second kappa shape index (κ2) is 5.71. The number of hydrogen-bond acceptors (Lipinski definition) is 1. The highest BCUT2D eigenvalue weighted by molar-refractivity contribution is 7.19. The van der Waals surface area contributed by atoms with Crippen LogP contribution in [0.5, 0.6) is 0 Å². The van der Waals surface area contributed by atoms with Crippen LogP contribution in [-0.2, 0) is 5.16 Å². The highest BCUT2D eigenvalue weighted by Crippen LogP contribution is 2.46. The SMILES string of the molecule is Nc1ccccc1C(P)(c1ccccc1)c1ccccc1. The van der Waals surface area contributed by atoms with Crippen LogP contribution in [0, 0.1) is 0 Å². The lowest BCUT2D eigenvalue weighted by Gasteiger charge is -2.32. The fourth-order valence-corrected chi connectivity index (χ4v) is 3.38. The molecule has 1 atom stereocenters. The summed E-state index contributed by atoms with van der Waals surface area (Å²) in [7, 11) is 3.01. The number of benzene rings is 3. The van der Waals surface area contributed by atoms with Crippen molar-refractivity contribution in [3.8, 4) is 0 Å². The van der Waals surface area contributed by atoms with Crippen LogP contribution in [0.25, 0.3) is 0 Å². The molecule has 21 heavy (non-hydrogen) atoms. The number of para-hydroxylation sites is 1. The summed E-state index contributed by atoms with van der Waals surface area (Å²) in [5, 5.41) is -0.339.